The molecule has 2 rings (SSSR count). The topological polar surface area (TPSA) is 46.5 Å². The summed E-state index contributed by atoms with van der Waals surface area (Å²) in [5.74, 6) is -0.0551. The lowest BCUT2D eigenvalue weighted by Crippen LogP contribution is -2.01. The van der Waals surface area contributed by atoms with E-state index in [9.17, 15) is 9.90 Å². The second kappa shape index (κ2) is 6.44. The van der Waals surface area contributed by atoms with E-state index < -0.39 is 5.97 Å². The molecule has 0 aromatic heterocycles. The van der Waals surface area contributed by atoms with Crippen LogP contribution in [0.4, 0.5) is 0 Å². The molecule has 0 bridgehead atoms. The van der Waals surface area contributed by atoms with Gasteiger partial charge in [0.25, 0.3) is 0 Å². The maximum atomic E-state index is 11.3. The van der Waals surface area contributed by atoms with Crippen molar-refractivity contribution in [1.29, 1.82) is 0 Å². The second-order valence-electron chi connectivity index (χ2n) is 5.16. The molecule has 1 N–H and O–H groups in total. The van der Waals surface area contributed by atoms with E-state index in [0.717, 1.165) is 34.4 Å². The van der Waals surface area contributed by atoms with Crippen molar-refractivity contribution in [3.8, 4) is 16.9 Å². The molecule has 0 aliphatic carbocycles. The minimum Gasteiger partial charge on any atom is -0.494 e. The third-order valence-electron chi connectivity index (χ3n) is 3.44. The summed E-state index contributed by atoms with van der Waals surface area (Å²) in [7, 11) is 0. The molecule has 0 unspecified atom stereocenters. The zero-order valence-corrected chi connectivity index (χ0v) is 12.6. The Morgan fingerprint density at radius 2 is 1.76 bits per heavy atom. The standard InChI is InChI=1S/C18H20O3/c1-4-9-21-15-7-5-14(6-8-15)16-11-17(18(19)20)13(3)10-12(16)2/h5-8,10-11H,4,9H2,1-3H3,(H,19,20). The second-order valence-corrected chi connectivity index (χ2v) is 5.16. The van der Waals surface area contributed by atoms with Gasteiger partial charge in [-0.15, -0.1) is 0 Å². The van der Waals surface area contributed by atoms with Gasteiger partial charge >= 0.3 is 5.97 Å². The van der Waals surface area contributed by atoms with Crippen molar-refractivity contribution in [2.24, 2.45) is 0 Å². The normalized spacial score (nSPS) is 10.4. The fourth-order valence-corrected chi connectivity index (χ4v) is 2.34. The summed E-state index contributed by atoms with van der Waals surface area (Å²) in [5.41, 5.74) is 4.15. The Kier molecular flexibility index (Phi) is 4.63. The molecule has 0 saturated heterocycles. The van der Waals surface area contributed by atoms with Gasteiger partial charge < -0.3 is 9.84 Å². The van der Waals surface area contributed by atoms with E-state index in [-0.39, 0.29) is 0 Å². The summed E-state index contributed by atoms with van der Waals surface area (Å²) < 4.78 is 5.56. The highest BCUT2D eigenvalue weighted by atomic mass is 16.5. The number of rotatable bonds is 5. The summed E-state index contributed by atoms with van der Waals surface area (Å²) in [6, 6.07) is 11.4. The number of benzene rings is 2. The molecule has 0 saturated carbocycles. The van der Waals surface area contributed by atoms with Crippen molar-refractivity contribution in [2.75, 3.05) is 6.61 Å². The lowest BCUT2D eigenvalue weighted by molar-refractivity contribution is 0.0696. The highest BCUT2D eigenvalue weighted by Gasteiger charge is 2.11. The molecule has 0 fully saturated rings. The Hall–Kier alpha value is -2.29. The van der Waals surface area contributed by atoms with Crippen LogP contribution >= 0.6 is 0 Å². The molecule has 3 heteroatoms. The van der Waals surface area contributed by atoms with Gasteiger partial charge in [-0.05, 0) is 60.7 Å². The van der Waals surface area contributed by atoms with Crippen molar-refractivity contribution < 1.29 is 14.6 Å². The molecule has 110 valence electrons. The number of carboxylic acids is 1. The molecule has 0 aliphatic rings. The van der Waals surface area contributed by atoms with E-state index in [4.69, 9.17) is 4.74 Å². The van der Waals surface area contributed by atoms with E-state index in [1.807, 2.05) is 44.2 Å². The molecule has 3 nitrogen and oxygen atoms in total. The van der Waals surface area contributed by atoms with Crippen molar-refractivity contribution in [3.63, 3.8) is 0 Å². The van der Waals surface area contributed by atoms with E-state index in [0.29, 0.717) is 12.2 Å². The fraction of sp³-hybridized carbons (Fsp3) is 0.278. The third-order valence-corrected chi connectivity index (χ3v) is 3.44. The predicted octanol–water partition coefficient (Wildman–Crippen LogP) is 4.46. The monoisotopic (exact) mass is 284 g/mol. The Balaban J connectivity index is 2.37. The summed E-state index contributed by atoms with van der Waals surface area (Å²) in [6.07, 6.45) is 0.973. The number of hydrogen-bond donors (Lipinski definition) is 1. The van der Waals surface area contributed by atoms with Crippen molar-refractivity contribution in [2.45, 2.75) is 27.2 Å². The molecule has 21 heavy (non-hydrogen) atoms. The average Bonchev–Trinajstić information content (AvgIpc) is 2.45. The molecule has 0 spiro atoms. The van der Waals surface area contributed by atoms with Crippen LogP contribution in [0.1, 0.15) is 34.8 Å². The molecule has 0 atom stereocenters. The van der Waals surface area contributed by atoms with Crippen LogP contribution in [-0.2, 0) is 0 Å². The van der Waals surface area contributed by atoms with Crippen molar-refractivity contribution in [1.82, 2.24) is 0 Å². The largest absolute Gasteiger partial charge is 0.494 e. The first-order chi connectivity index (χ1) is 10.0. The highest BCUT2D eigenvalue weighted by molar-refractivity contribution is 5.91. The number of hydrogen-bond acceptors (Lipinski definition) is 2. The number of aromatic carboxylic acids is 1. The molecule has 0 heterocycles. The molecule has 0 aliphatic heterocycles. The molecule has 2 aromatic rings. The quantitative estimate of drug-likeness (QED) is 0.881. The SMILES string of the molecule is CCCOc1ccc(-c2cc(C(=O)O)c(C)cc2C)cc1. The minimum atomic E-state index is -0.892. The van der Waals surface area contributed by atoms with Crippen LogP contribution in [0.25, 0.3) is 11.1 Å². The van der Waals surface area contributed by atoms with Gasteiger partial charge in [0, 0.05) is 0 Å². The number of carbonyl (C=O) groups is 1. The number of aryl methyl sites for hydroxylation is 2. The number of carboxylic acid groups (broad SMARTS) is 1. The van der Waals surface area contributed by atoms with Gasteiger partial charge in [-0.25, -0.2) is 4.79 Å². The maximum Gasteiger partial charge on any atom is 0.335 e. The van der Waals surface area contributed by atoms with Crippen LogP contribution in [0.2, 0.25) is 0 Å². The predicted molar refractivity (Wildman–Crippen MR) is 84.1 cm³/mol. The number of ether oxygens (including phenoxy) is 1. The van der Waals surface area contributed by atoms with Gasteiger partial charge in [-0.1, -0.05) is 25.1 Å². The van der Waals surface area contributed by atoms with Crippen molar-refractivity contribution in [3.05, 3.63) is 53.1 Å². The third kappa shape index (κ3) is 3.43. The van der Waals surface area contributed by atoms with Crippen LogP contribution in [0.5, 0.6) is 5.75 Å². The van der Waals surface area contributed by atoms with E-state index in [2.05, 4.69) is 6.92 Å². The molecular weight excluding hydrogens is 264 g/mol. The van der Waals surface area contributed by atoms with Gasteiger partial charge in [-0.3, -0.25) is 0 Å². The van der Waals surface area contributed by atoms with Crippen LogP contribution in [0, 0.1) is 13.8 Å². The molecule has 2 aromatic carbocycles. The van der Waals surface area contributed by atoms with Gasteiger partial charge in [0.15, 0.2) is 0 Å². The van der Waals surface area contributed by atoms with Crippen LogP contribution in [-0.4, -0.2) is 17.7 Å². The lowest BCUT2D eigenvalue weighted by atomic mass is 9.95. The van der Waals surface area contributed by atoms with Gasteiger partial charge in [-0.2, -0.15) is 0 Å². The van der Waals surface area contributed by atoms with E-state index in [1.54, 1.807) is 6.07 Å². The zero-order valence-electron chi connectivity index (χ0n) is 12.6. The van der Waals surface area contributed by atoms with Crippen molar-refractivity contribution >= 4 is 5.97 Å². The summed E-state index contributed by atoms with van der Waals surface area (Å²) in [6.45, 7) is 6.58. The lowest BCUT2D eigenvalue weighted by Gasteiger charge is -2.11. The van der Waals surface area contributed by atoms with E-state index in [1.165, 1.54) is 0 Å². The van der Waals surface area contributed by atoms with Gasteiger partial charge in [0.05, 0.1) is 12.2 Å². The van der Waals surface area contributed by atoms with E-state index >= 15 is 0 Å². The van der Waals surface area contributed by atoms with Crippen LogP contribution in [0.15, 0.2) is 36.4 Å². The van der Waals surface area contributed by atoms with Gasteiger partial charge in [0.2, 0.25) is 0 Å². The Morgan fingerprint density at radius 3 is 2.33 bits per heavy atom. The fourth-order valence-electron chi connectivity index (χ4n) is 2.34. The molecule has 0 radical (unpaired) electrons. The molecule has 0 amide bonds. The smallest absolute Gasteiger partial charge is 0.335 e. The summed E-state index contributed by atoms with van der Waals surface area (Å²) in [4.78, 5) is 11.3. The first kappa shape index (κ1) is 15.1. The zero-order chi connectivity index (χ0) is 15.4. The van der Waals surface area contributed by atoms with Crippen LogP contribution in [0.3, 0.4) is 0 Å². The molecular formula is C18H20O3. The maximum absolute atomic E-state index is 11.3. The highest BCUT2D eigenvalue weighted by Crippen LogP contribution is 2.28. The summed E-state index contributed by atoms with van der Waals surface area (Å²) >= 11 is 0. The average molecular weight is 284 g/mol. The first-order valence-corrected chi connectivity index (χ1v) is 7.10. The first-order valence-electron chi connectivity index (χ1n) is 7.10. The summed E-state index contributed by atoms with van der Waals surface area (Å²) in [5, 5.41) is 9.25. The Morgan fingerprint density at radius 1 is 1.10 bits per heavy atom. The van der Waals surface area contributed by atoms with Crippen LogP contribution < -0.4 is 4.74 Å². The van der Waals surface area contributed by atoms with Gasteiger partial charge in [0.1, 0.15) is 5.75 Å². The minimum absolute atomic E-state index is 0.349. The Labute approximate surface area is 125 Å². The Bertz CT molecular complexity index is 642.